The van der Waals surface area contributed by atoms with Crippen LogP contribution in [0.4, 0.5) is 5.69 Å². The minimum absolute atomic E-state index is 0.105. The van der Waals surface area contributed by atoms with Gasteiger partial charge in [0.25, 0.3) is 0 Å². The largest absolute Gasteiger partial charge is 0.399 e. The molecule has 4 nitrogen and oxygen atoms in total. The van der Waals surface area contributed by atoms with Crippen LogP contribution in [0.3, 0.4) is 0 Å². The van der Waals surface area contributed by atoms with Crippen LogP contribution in [0.25, 0.3) is 0 Å². The van der Waals surface area contributed by atoms with Gasteiger partial charge in [0.15, 0.2) is 11.6 Å². The Balaban J connectivity index is 1.72. The quantitative estimate of drug-likeness (QED) is 0.456. The van der Waals surface area contributed by atoms with Crippen molar-refractivity contribution in [2.24, 2.45) is 28.6 Å². The number of carbonyl (C=O) groups is 2. The van der Waals surface area contributed by atoms with Crippen LogP contribution >= 0.6 is 0 Å². The van der Waals surface area contributed by atoms with E-state index in [4.69, 9.17) is 10.5 Å². The number of allylic oxidation sites excluding steroid dienone is 4. The zero-order chi connectivity index (χ0) is 25.0. The molecule has 4 aliphatic rings. The zero-order valence-corrected chi connectivity index (χ0v) is 21.4. The molecule has 0 heterocycles. The van der Waals surface area contributed by atoms with Gasteiger partial charge >= 0.3 is 0 Å². The predicted octanol–water partition coefficient (Wildman–Crippen LogP) is 5.64. The third-order valence-electron chi connectivity index (χ3n) is 9.71. The third kappa shape index (κ3) is 3.54. The summed E-state index contributed by atoms with van der Waals surface area (Å²) in [6.45, 7) is 6.56. The number of nitrogens with two attached hydrogens (primary N) is 1. The maximum absolute atomic E-state index is 13.7. The number of ether oxygens (including phenoxy) is 1. The Hall–Kier alpha value is -2.64. The number of ketones is 2. The summed E-state index contributed by atoms with van der Waals surface area (Å²) in [4.78, 5) is 26.1. The van der Waals surface area contributed by atoms with Crippen molar-refractivity contribution >= 4 is 17.3 Å². The third-order valence-corrected chi connectivity index (χ3v) is 9.71. The summed E-state index contributed by atoms with van der Waals surface area (Å²) in [7, 11) is 1.60. The molecule has 0 bridgehead atoms. The van der Waals surface area contributed by atoms with E-state index in [1.54, 1.807) is 7.11 Å². The summed E-state index contributed by atoms with van der Waals surface area (Å²) in [5.74, 6) is 8.29. The van der Waals surface area contributed by atoms with Crippen molar-refractivity contribution in [1.82, 2.24) is 0 Å². The van der Waals surface area contributed by atoms with Crippen LogP contribution in [0.2, 0.25) is 0 Å². The van der Waals surface area contributed by atoms with Crippen LogP contribution in [0, 0.1) is 40.4 Å². The number of hydrogen-bond donors (Lipinski definition) is 1. The fraction of sp³-hybridized carbons (Fsp3) is 0.548. The average molecular weight is 472 g/mol. The molecule has 4 heteroatoms. The van der Waals surface area contributed by atoms with Gasteiger partial charge in [-0.1, -0.05) is 37.5 Å². The molecular formula is C31H37NO3. The monoisotopic (exact) mass is 471 g/mol. The van der Waals surface area contributed by atoms with Gasteiger partial charge in [-0.25, -0.2) is 0 Å². The van der Waals surface area contributed by atoms with E-state index in [9.17, 15) is 9.59 Å². The first-order chi connectivity index (χ1) is 16.8. The minimum atomic E-state index is -0.688. The molecule has 1 unspecified atom stereocenters. The van der Waals surface area contributed by atoms with Crippen molar-refractivity contribution in [3.05, 3.63) is 52.6 Å². The van der Waals surface area contributed by atoms with E-state index in [1.165, 1.54) is 22.3 Å². The number of anilines is 1. The van der Waals surface area contributed by atoms with Gasteiger partial charge in [0.2, 0.25) is 0 Å². The Morgan fingerprint density at radius 2 is 1.97 bits per heavy atom. The van der Waals surface area contributed by atoms with Crippen LogP contribution in [0.5, 0.6) is 0 Å². The van der Waals surface area contributed by atoms with Crippen LogP contribution in [-0.4, -0.2) is 25.3 Å². The number of nitrogen functional groups attached to an aromatic ring is 1. The lowest BCUT2D eigenvalue weighted by molar-refractivity contribution is -0.136. The summed E-state index contributed by atoms with van der Waals surface area (Å²) in [5, 5.41) is 0. The maximum Gasteiger partial charge on any atom is 0.176 e. The van der Waals surface area contributed by atoms with Crippen molar-refractivity contribution < 1.29 is 14.3 Å². The normalized spacial score (nSPS) is 35.9. The first-order valence-electron chi connectivity index (χ1n) is 13.0. The van der Waals surface area contributed by atoms with Crippen molar-refractivity contribution in [3.8, 4) is 11.8 Å². The molecule has 2 saturated carbocycles. The van der Waals surface area contributed by atoms with Gasteiger partial charge in [0.1, 0.15) is 6.61 Å². The Kier molecular flexibility index (Phi) is 6.04. The molecule has 0 aromatic heterocycles. The first-order valence-corrected chi connectivity index (χ1v) is 13.0. The van der Waals surface area contributed by atoms with Gasteiger partial charge < -0.3 is 10.5 Å². The Morgan fingerprint density at radius 3 is 2.66 bits per heavy atom. The zero-order valence-electron chi connectivity index (χ0n) is 21.4. The van der Waals surface area contributed by atoms with Crippen LogP contribution in [0.15, 0.2) is 47.1 Å². The number of rotatable bonds is 4. The van der Waals surface area contributed by atoms with E-state index in [0.717, 1.165) is 37.8 Å². The van der Waals surface area contributed by atoms with E-state index in [1.807, 2.05) is 25.1 Å². The Bertz CT molecular complexity index is 1180. The summed E-state index contributed by atoms with van der Waals surface area (Å²) in [6, 6.07) is 8.28. The van der Waals surface area contributed by atoms with E-state index >= 15 is 0 Å². The molecule has 0 saturated heterocycles. The first kappa shape index (κ1) is 24.1. The second kappa shape index (κ2) is 8.79. The highest BCUT2D eigenvalue weighted by Crippen LogP contribution is 2.70. The van der Waals surface area contributed by atoms with Gasteiger partial charge in [0.05, 0.1) is 5.41 Å². The topological polar surface area (TPSA) is 69.4 Å². The molecule has 2 N–H and O–H groups in total. The van der Waals surface area contributed by atoms with Gasteiger partial charge in [-0.05, 0) is 97.1 Å². The van der Waals surface area contributed by atoms with Crippen molar-refractivity contribution in [2.45, 2.75) is 65.2 Å². The van der Waals surface area contributed by atoms with E-state index in [0.29, 0.717) is 24.2 Å². The highest BCUT2D eigenvalue weighted by atomic mass is 16.5. The lowest BCUT2D eigenvalue weighted by Gasteiger charge is -2.55. The number of hydrogen-bond acceptors (Lipinski definition) is 4. The summed E-state index contributed by atoms with van der Waals surface area (Å²) < 4.78 is 5.36. The predicted molar refractivity (Wildman–Crippen MR) is 138 cm³/mol. The molecule has 0 aliphatic heterocycles. The fourth-order valence-corrected chi connectivity index (χ4v) is 8.21. The number of benzene rings is 1. The molecule has 1 aromatic carbocycles. The highest BCUT2D eigenvalue weighted by molar-refractivity contribution is 5.93. The molecule has 0 radical (unpaired) electrons. The van der Waals surface area contributed by atoms with Gasteiger partial charge in [-0.3, -0.25) is 9.59 Å². The second-order valence-electron chi connectivity index (χ2n) is 11.4. The highest BCUT2D eigenvalue weighted by Gasteiger charge is 2.65. The summed E-state index contributed by atoms with van der Waals surface area (Å²) >= 11 is 0. The molecule has 184 valence electrons. The Labute approximate surface area is 209 Å². The standard InChI is InChI=1S/C31H37NO3/c1-5-13-31(28(34)18-35-4)14-12-27-25-15-19(2)24-16-22(33)10-11-23(24)29(25)26(17-30(27,31)3)20-6-8-21(32)9-7-20/h6-9,16,19,25-27H,10-12,14-15,17-18,32H2,1-4H3/t19?,25-,26+,27-,30-,31+/m0/s1. The van der Waals surface area contributed by atoms with E-state index < -0.39 is 5.41 Å². The van der Waals surface area contributed by atoms with Gasteiger partial charge in [-0.2, -0.15) is 0 Å². The molecule has 2 fully saturated rings. The summed E-state index contributed by atoms with van der Waals surface area (Å²) in [6.07, 6.45) is 7.04. The van der Waals surface area contributed by atoms with Crippen molar-refractivity contribution in [2.75, 3.05) is 19.5 Å². The molecular weight excluding hydrogens is 434 g/mol. The number of fused-ring (bicyclic) bond motifs is 4. The fourth-order valence-electron chi connectivity index (χ4n) is 8.21. The molecule has 4 aliphatic carbocycles. The minimum Gasteiger partial charge on any atom is -0.399 e. The van der Waals surface area contributed by atoms with Crippen LogP contribution in [0.1, 0.15) is 70.8 Å². The van der Waals surface area contributed by atoms with Gasteiger partial charge in [-0.15, -0.1) is 5.92 Å². The second-order valence-corrected chi connectivity index (χ2v) is 11.4. The smallest absolute Gasteiger partial charge is 0.176 e. The van der Waals surface area contributed by atoms with Gasteiger partial charge in [0, 0.05) is 25.1 Å². The SMILES string of the molecule is CC#C[C@]1(C(=O)COC)CC[C@H]2[C@@H]3CC(C)C4=CC(=O)CCC4=C3[C@@H](c3ccc(N)cc3)C[C@@]21C. The van der Waals surface area contributed by atoms with E-state index in [2.05, 4.69) is 37.8 Å². The van der Waals surface area contributed by atoms with E-state index in [-0.39, 0.29) is 29.5 Å². The average Bonchev–Trinajstić information content (AvgIpc) is 3.13. The maximum atomic E-state index is 13.7. The van der Waals surface area contributed by atoms with Crippen LogP contribution in [-0.2, 0) is 14.3 Å². The number of carbonyl (C=O) groups excluding carboxylic acids is 2. The number of Topliss-reactive ketones (excluding diaryl/α,β-unsaturated/α-hetero) is 1. The van der Waals surface area contributed by atoms with Crippen molar-refractivity contribution in [3.63, 3.8) is 0 Å². The van der Waals surface area contributed by atoms with Crippen LogP contribution < -0.4 is 5.73 Å². The molecule has 1 aromatic rings. The molecule has 0 spiro atoms. The molecule has 6 atom stereocenters. The van der Waals surface area contributed by atoms with Crippen molar-refractivity contribution in [1.29, 1.82) is 0 Å². The lowest BCUT2D eigenvalue weighted by Crippen LogP contribution is -2.51. The molecule has 35 heavy (non-hydrogen) atoms. The number of methoxy groups -OCH3 is 1. The molecule has 0 amide bonds. The summed E-state index contributed by atoms with van der Waals surface area (Å²) in [5.41, 5.74) is 11.3. The lowest BCUT2D eigenvalue weighted by atomic mass is 9.47. The Morgan fingerprint density at radius 1 is 1.23 bits per heavy atom. The molecule has 5 rings (SSSR count).